The molecule has 0 bridgehead atoms. The Bertz CT molecular complexity index is 878. The van der Waals surface area contributed by atoms with Crippen molar-refractivity contribution in [3.63, 3.8) is 0 Å². The van der Waals surface area contributed by atoms with Gasteiger partial charge in [0, 0.05) is 5.56 Å². The zero-order valence-corrected chi connectivity index (χ0v) is 16.8. The first-order valence-corrected chi connectivity index (χ1v) is 9.34. The number of amides is 2. The summed E-state index contributed by atoms with van der Waals surface area (Å²) >= 11 is 0. The lowest BCUT2D eigenvalue weighted by atomic mass is 10.0. The van der Waals surface area contributed by atoms with E-state index in [0.717, 1.165) is 17.7 Å². The van der Waals surface area contributed by atoms with Crippen LogP contribution in [0.4, 0.5) is 13.2 Å². The zero-order valence-electron chi connectivity index (χ0n) is 16.8. The molecule has 0 saturated carbocycles. The fourth-order valence-corrected chi connectivity index (χ4v) is 2.92. The molecule has 156 valence electrons. The number of aryl methyl sites for hydroxylation is 1. The Kier molecular flexibility index (Phi) is 7.06. The summed E-state index contributed by atoms with van der Waals surface area (Å²) in [6, 6.07) is 10.3. The Hall–Kier alpha value is -2.83. The molecule has 2 unspecified atom stereocenters. The van der Waals surface area contributed by atoms with Crippen molar-refractivity contribution in [1.29, 1.82) is 0 Å². The molecule has 0 heterocycles. The van der Waals surface area contributed by atoms with Crippen molar-refractivity contribution in [1.82, 2.24) is 10.6 Å². The van der Waals surface area contributed by atoms with Gasteiger partial charge in [0.1, 0.15) is 6.04 Å². The quantitative estimate of drug-likeness (QED) is 0.734. The van der Waals surface area contributed by atoms with Gasteiger partial charge in [0.2, 0.25) is 5.91 Å². The summed E-state index contributed by atoms with van der Waals surface area (Å²) in [6.07, 6.45) is -4.46. The molecule has 0 aromatic heterocycles. The first-order valence-electron chi connectivity index (χ1n) is 9.34. The molecule has 2 atom stereocenters. The van der Waals surface area contributed by atoms with Crippen LogP contribution < -0.4 is 10.6 Å². The van der Waals surface area contributed by atoms with E-state index in [1.807, 2.05) is 13.0 Å². The molecule has 0 saturated heterocycles. The molecule has 0 aliphatic carbocycles. The lowest BCUT2D eigenvalue weighted by Crippen LogP contribution is -2.50. The molecule has 0 aliphatic rings. The molecule has 0 fully saturated rings. The SMILES string of the molecule is Cc1cccc(C(=O)NC(C(=O)NC(C)c2cccc(C(F)(F)F)c2)C(C)C)c1. The van der Waals surface area contributed by atoms with Gasteiger partial charge in [-0.05, 0) is 49.6 Å². The topological polar surface area (TPSA) is 58.2 Å². The largest absolute Gasteiger partial charge is 0.416 e. The van der Waals surface area contributed by atoms with Crippen LogP contribution in [0.5, 0.6) is 0 Å². The molecular weight excluding hydrogens is 381 g/mol. The maximum Gasteiger partial charge on any atom is 0.416 e. The van der Waals surface area contributed by atoms with E-state index < -0.39 is 29.7 Å². The van der Waals surface area contributed by atoms with Crippen molar-refractivity contribution in [2.45, 2.75) is 46.0 Å². The molecule has 29 heavy (non-hydrogen) atoms. The first kappa shape index (κ1) is 22.5. The Morgan fingerprint density at radius 1 is 0.931 bits per heavy atom. The van der Waals surface area contributed by atoms with E-state index in [2.05, 4.69) is 10.6 Å². The maximum absolute atomic E-state index is 12.9. The van der Waals surface area contributed by atoms with Gasteiger partial charge >= 0.3 is 6.18 Å². The molecule has 2 aromatic rings. The third-order valence-electron chi connectivity index (χ3n) is 4.59. The number of carbonyl (C=O) groups is 2. The number of carbonyl (C=O) groups excluding carboxylic acids is 2. The van der Waals surface area contributed by atoms with Gasteiger partial charge < -0.3 is 10.6 Å². The van der Waals surface area contributed by atoms with Crippen LogP contribution in [-0.2, 0) is 11.0 Å². The van der Waals surface area contributed by atoms with Crippen LogP contribution in [0, 0.1) is 12.8 Å². The number of benzene rings is 2. The minimum atomic E-state index is -4.46. The summed E-state index contributed by atoms with van der Waals surface area (Å²) < 4.78 is 38.8. The van der Waals surface area contributed by atoms with Gasteiger partial charge in [-0.2, -0.15) is 13.2 Å². The molecular formula is C22H25F3N2O2. The van der Waals surface area contributed by atoms with Crippen LogP contribution in [0.2, 0.25) is 0 Å². The second kappa shape index (κ2) is 9.11. The summed E-state index contributed by atoms with van der Waals surface area (Å²) in [5.74, 6) is -1.04. The highest BCUT2D eigenvalue weighted by atomic mass is 19.4. The van der Waals surface area contributed by atoms with Crippen LogP contribution in [0.3, 0.4) is 0 Å². The molecule has 2 amide bonds. The lowest BCUT2D eigenvalue weighted by molar-refractivity contribution is -0.137. The summed E-state index contributed by atoms with van der Waals surface area (Å²) in [6.45, 7) is 7.04. The van der Waals surface area contributed by atoms with Crippen LogP contribution >= 0.6 is 0 Å². The highest BCUT2D eigenvalue weighted by Gasteiger charge is 2.31. The molecule has 2 rings (SSSR count). The van der Waals surface area contributed by atoms with E-state index in [0.29, 0.717) is 11.1 Å². The number of alkyl halides is 3. The second-order valence-electron chi connectivity index (χ2n) is 7.42. The lowest BCUT2D eigenvalue weighted by Gasteiger charge is -2.24. The molecule has 4 nitrogen and oxygen atoms in total. The molecule has 2 N–H and O–H groups in total. The van der Waals surface area contributed by atoms with E-state index in [4.69, 9.17) is 0 Å². The van der Waals surface area contributed by atoms with E-state index in [9.17, 15) is 22.8 Å². The average molecular weight is 406 g/mol. The standard InChI is InChI=1S/C22H25F3N2O2/c1-13(2)19(27-20(28)17-9-5-7-14(3)11-17)21(29)26-15(4)16-8-6-10-18(12-16)22(23,24)25/h5-13,15,19H,1-4H3,(H,26,29)(H,27,28). The predicted molar refractivity (Wildman–Crippen MR) is 105 cm³/mol. The Morgan fingerprint density at radius 3 is 2.17 bits per heavy atom. The number of halogens is 3. The minimum absolute atomic E-state index is 0.211. The minimum Gasteiger partial charge on any atom is -0.348 e. The van der Waals surface area contributed by atoms with Crippen LogP contribution in [0.1, 0.15) is 53.9 Å². The van der Waals surface area contributed by atoms with E-state index >= 15 is 0 Å². The fourth-order valence-electron chi connectivity index (χ4n) is 2.92. The van der Waals surface area contributed by atoms with Gasteiger partial charge in [-0.1, -0.05) is 43.7 Å². The van der Waals surface area contributed by atoms with Crippen LogP contribution in [0.15, 0.2) is 48.5 Å². The maximum atomic E-state index is 12.9. The van der Waals surface area contributed by atoms with Gasteiger partial charge in [-0.15, -0.1) is 0 Å². The molecule has 0 radical (unpaired) electrons. The fraction of sp³-hybridized carbons (Fsp3) is 0.364. The number of nitrogens with one attached hydrogen (secondary N) is 2. The van der Waals surface area contributed by atoms with E-state index in [1.54, 1.807) is 39.0 Å². The summed E-state index contributed by atoms with van der Waals surface area (Å²) in [5, 5.41) is 5.42. The Labute approximate surface area is 168 Å². The number of hydrogen-bond donors (Lipinski definition) is 2. The predicted octanol–water partition coefficient (Wildman–Crippen LogP) is 4.65. The summed E-state index contributed by atoms with van der Waals surface area (Å²) in [7, 11) is 0. The van der Waals surface area contributed by atoms with Crippen molar-refractivity contribution in [3.8, 4) is 0 Å². The Morgan fingerprint density at radius 2 is 1.59 bits per heavy atom. The van der Waals surface area contributed by atoms with Gasteiger partial charge in [-0.25, -0.2) is 0 Å². The van der Waals surface area contributed by atoms with Crippen LogP contribution in [-0.4, -0.2) is 17.9 Å². The van der Waals surface area contributed by atoms with Gasteiger partial charge in [0.05, 0.1) is 11.6 Å². The highest BCUT2D eigenvalue weighted by Crippen LogP contribution is 2.30. The van der Waals surface area contributed by atoms with E-state index in [-0.39, 0.29) is 11.8 Å². The van der Waals surface area contributed by atoms with Crippen molar-refractivity contribution in [3.05, 3.63) is 70.8 Å². The third kappa shape index (κ3) is 6.07. The molecule has 7 heteroatoms. The number of rotatable bonds is 6. The summed E-state index contributed by atoms with van der Waals surface area (Å²) in [4.78, 5) is 25.2. The highest BCUT2D eigenvalue weighted by molar-refractivity contribution is 5.97. The van der Waals surface area contributed by atoms with E-state index in [1.165, 1.54) is 12.1 Å². The average Bonchev–Trinajstić information content (AvgIpc) is 2.64. The van der Waals surface area contributed by atoms with Crippen molar-refractivity contribution < 1.29 is 22.8 Å². The summed E-state index contributed by atoms with van der Waals surface area (Å²) in [5.41, 5.74) is 0.917. The molecule has 2 aromatic carbocycles. The molecule has 0 aliphatic heterocycles. The number of hydrogen-bond acceptors (Lipinski definition) is 2. The van der Waals surface area contributed by atoms with Gasteiger partial charge in [0.15, 0.2) is 0 Å². The Balaban J connectivity index is 2.12. The second-order valence-corrected chi connectivity index (χ2v) is 7.42. The van der Waals surface area contributed by atoms with Crippen molar-refractivity contribution in [2.24, 2.45) is 5.92 Å². The van der Waals surface area contributed by atoms with Gasteiger partial charge in [-0.3, -0.25) is 9.59 Å². The van der Waals surface area contributed by atoms with Crippen molar-refractivity contribution >= 4 is 11.8 Å². The molecule has 0 spiro atoms. The third-order valence-corrected chi connectivity index (χ3v) is 4.59. The van der Waals surface area contributed by atoms with Crippen molar-refractivity contribution in [2.75, 3.05) is 0 Å². The normalized spacial score (nSPS) is 13.7. The first-order chi connectivity index (χ1) is 13.5. The smallest absolute Gasteiger partial charge is 0.348 e. The monoisotopic (exact) mass is 406 g/mol. The zero-order chi connectivity index (χ0) is 21.8. The van der Waals surface area contributed by atoms with Gasteiger partial charge in [0.25, 0.3) is 5.91 Å². The van der Waals surface area contributed by atoms with Crippen LogP contribution in [0.25, 0.3) is 0 Å².